The lowest BCUT2D eigenvalue weighted by molar-refractivity contribution is -0.114. The molecule has 3 aromatic carbocycles. The van der Waals surface area contributed by atoms with E-state index in [9.17, 15) is 4.79 Å². The van der Waals surface area contributed by atoms with Crippen molar-refractivity contribution in [2.45, 2.75) is 6.92 Å². The number of para-hydroxylation sites is 1. The average Bonchev–Trinajstić information content (AvgIpc) is 3.30. The second kappa shape index (κ2) is 9.99. The maximum absolute atomic E-state index is 12.7. The summed E-state index contributed by atoms with van der Waals surface area (Å²) in [5.41, 5.74) is 2.99. The molecule has 0 saturated heterocycles. The van der Waals surface area contributed by atoms with Gasteiger partial charge in [0.15, 0.2) is 5.84 Å². The van der Waals surface area contributed by atoms with Crippen LogP contribution in [-0.4, -0.2) is 40.2 Å². The Balaban J connectivity index is 1.25. The summed E-state index contributed by atoms with van der Waals surface area (Å²) in [6.45, 7) is 2.84. The molecule has 1 amide bonds. The zero-order valence-electron chi connectivity index (χ0n) is 19.0. The summed E-state index contributed by atoms with van der Waals surface area (Å²) in [6.07, 6.45) is 1.65. The number of aryl methyl sites for hydroxylation is 1. The van der Waals surface area contributed by atoms with E-state index in [1.807, 2.05) is 85.8 Å². The predicted octanol–water partition coefficient (Wildman–Crippen LogP) is 5.12. The number of hydrazone groups is 1. The number of hydrogen-bond acceptors (Lipinski definition) is 6. The molecule has 0 spiro atoms. The van der Waals surface area contributed by atoms with Gasteiger partial charge in [0.05, 0.1) is 5.57 Å². The fourth-order valence-electron chi connectivity index (χ4n) is 3.58. The van der Waals surface area contributed by atoms with E-state index in [-0.39, 0.29) is 11.4 Å². The Bertz CT molecular complexity index is 1360. The first-order chi connectivity index (χ1) is 17.1. The third-order valence-electron chi connectivity index (χ3n) is 5.39. The largest absolute Gasteiger partial charge is 0.490 e. The van der Waals surface area contributed by atoms with Gasteiger partial charge in [0.1, 0.15) is 29.8 Å². The minimum absolute atomic E-state index is 0.00877. The van der Waals surface area contributed by atoms with E-state index in [1.54, 1.807) is 6.08 Å². The second-order valence-corrected chi connectivity index (χ2v) is 8.78. The number of carbonyl (C=O) groups excluding carboxylic acids is 1. The minimum atomic E-state index is -0.451. The number of benzene rings is 3. The number of nitrogens with zero attached hydrogens (tertiary/aromatic N) is 3. The number of nitrogens with one attached hydrogen (secondary N) is 1. The Hall–Kier alpha value is -4.17. The standard InChI is InChI=1S/C27H22N4O3S/c1-18-7-5-6-10-22(18)26-30-31-24(28)23(25(32)29-27(31)35-26)17-19-11-13-21(14-12-19)34-16-15-33-20-8-3-2-4-9-20/h2-14,17,28H,15-16H2,1H3. The van der Waals surface area contributed by atoms with E-state index in [0.717, 1.165) is 27.5 Å². The van der Waals surface area contributed by atoms with E-state index in [0.29, 0.717) is 24.1 Å². The highest BCUT2D eigenvalue weighted by atomic mass is 32.2. The predicted molar refractivity (Wildman–Crippen MR) is 139 cm³/mol. The molecule has 7 nitrogen and oxygen atoms in total. The Morgan fingerprint density at radius 2 is 1.57 bits per heavy atom. The Kier molecular flexibility index (Phi) is 6.45. The number of amides is 1. The molecule has 174 valence electrons. The van der Waals surface area contributed by atoms with Crippen molar-refractivity contribution in [3.63, 3.8) is 0 Å². The normalized spacial score (nSPS) is 16.1. The summed E-state index contributed by atoms with van der Waals surface area (Å²) in [7, 11) is 0. The van der Waals surface area contributed by atoms with E-state index < -0.39 is 5.91 Å². The quantitative estimate of drug-likeness (QED) is 0.373. The molecule has 0 unspecified atom stereocenters. The van der Waals surface area contributed by atoms with Crippen molar-refractivity contribution in [1.82, 2.24) is 5.01 Å². The fourth-order valence-corrected chi connectivity index (χ4v) is 4.56. The Morgan fingerprint density at radius 1 is 0.914 bits per heavy atom. The van der Waals surface area contributed by atoms with Crippen LogP contribution < -0.4 is 9.47 Å². The maximum Gasteiger partial charge on any atom is 0.283 e. The van der Waals surface area contributed by atoms with Gasteiger partial charge in [-0.3, -0.25) is 10.2 Å². The van der Waals surface area contributed by atoms with Gasteiger partial charge >= 0.3 is 0 Å². The number of ether oxygens (including phenoxy) is 2. The first-order valence-corrected chi connectivity index (χ1v) is 11.9. The number of rotatable bonds is 7. The second-order valence-electron chi connectivity index (χ2n) is 7.82. The van der Waals surface area contributed by atoms with Gasteiger partial charge in [-0.15, -0.1) is 0 Å². The van der Waals surface area contributed by atoms with Crippen LogP contribution in [0.2, 0.25) is 0 Å². The number of amidine groups is 2. The first-order valence-electron chi connectivity index (χ1n) is 11.1. The van der Waals surface area contributed by atoms with Crippen LogP contribution in [0, 0.1) is 12.3 Å². The van der Waals surface area contributed by atoms with E-state index in [4.69, 9.17) is 14.9 Å². The molecule has 5 rings (SSSR count). The highest BCUT2D eigenvalue weighted by Gasteiger charge is 2.36. The summed E-state index contributed by atoms with van der Waals surface area (Å²) in [6, 6.07) is 24.8. The monoisotopic (exact) mass is 482 g/mol. The molecular formula is C27H22N4O3S. The molecule has 35 heavy (non-hydrogen) atoms. The van der Waals surface area contributed by atoms with Crippen molar-refractivity contribution in [2.24, 2.45) is 10.1 Å². The lowest BCUT2D eigenvalue weighted by atomic mass is 10.1. The van der Waals surface area contributed by atoms with Crippen LogP contribution in [0.1, 0.15) is 16.7 Å². The van der Waals surface area contributed by atoms with E-state index >= 15 is 0 Å². The van der Waals surface area contributed by atoms with Gasteiger partial charge in [0, 0.05) is 5.56 Å². The Morgan fingerprint density at radius 3 is 2.29 bits per heavy atom. The van der Waals surface area contributed by atoms with Crippen LogP contribution >= 0.6 is 11.8 Å². The lowest BCUT2D eigenvalue weighted by Gasteiger charge is -2.20. The van der Waals surface area contributed by atoms with E-state index in [2.05, 4.69) is 10.1 Å². The number of hydrogen-bond donors (Lipinski definition) is 1. The van der Waals surface area contributed by atoms with Crippen molar-refractivity contribution in [3.05, 3.63) is 101 Å². The molecular weight excluding hydrogens is 460 g/mol. The van der Waals surface area contributed by atoms with Gasteiger partial charge in [0.25, 0.3) is 5.91 Å². The molecule has 0 saturated carbocycles. The minimum Gasteiger partial charge on any atom is -0.490 e. The van der Waals surface area contributed by atoms with Crippen molar-refractivity contribution < 1.29 is 14.3 Å². The summed E-state index contributed by atoms with van der Waals surface area (Å²) < 4.78 is 11.4. The van der Waals surface area contributed by atoms with Crippen molar-refractivity contribution >= 4 is 39.8 Å². The van der Waals surface area contributed by atoms with Crippen molar-refractivity contribution in [2.75, 3.05) is 13.2 Å². The highest BCUT2D eigenvalue weighted by Crippen LogP contribution is 2.31. The zero-order valence-corrected chi connectivity index (χ0v) is 19.8. The van der Waals surface area contributed by atoms with Gasteiger partial charge < -0.3 is 9.47 Å². The van der Waals surface area contributed by atoms with Gasteiger partial charge in [-0.2, -0.15) is 15.1 Å². The summed E-state index contributed by atoms with van der Waals surface area (Å²) >= 11 is 1.30. The third kappa shape index (κ3) is 5.02. The van der Waals surface area contributed by atoms with Gasteiger partial charge in [-0.1, -0.05) is 54.6 Å². The summed E-state index contributed by atoms with van der Waals surface area (Å²) in [4.78, 5) is 16.9. The molecule has 0 radical (unpaired) electrons. The molecule has 2 aliphatic rings. The smallest absolute Gasteiger partial charge is 0.283 e. The molecule has 0 atom stereocenters. The summed E-state index contributed by atoms with van der Waals surface area (Å²) in [5, 5.41) is 15.7. The molecule has 8 heteroatoms. The van der Waals surface area contributed by atoms with Gasteiger partial charge in [0.2, 0.25) is 5.17 Å². The van der Waals surface area contributed by atoms with Crippen molar-refractivity contribution in [3.8, 4) is 11.5 Å². The molecule has 0 aromatic heterocycles. The molecule has 1 N–H and O–H groups in total. The maximum atomic E-state index is 12.7. The number of carbonyl (C=O) groups is 1. The van der Waals surface area contributed by atoms with Crippen LogP contribution in [0.4, 0.5) is 0 Å². The van der Waals surface area contributed by atoms with Gasteiger partial charge in [-0.25, -0.2) is 0 Å². The van der Waals surface area contributed by atoms with Crippen LogP contribution in [-0.2, 0) is 4.79 Å². The molecule has 3 aromatic rings. The number of aliphatic imine (C=N–C) groups is 1. The third-order valence-corrected chi connectivity index (χ3v) is 6.33. The van der Waals surface area contributed by atoms with Crippen LogP contribution in [0.5, 0.6) is 11.5 Å². The topological polar surface area (TPSA) is 87.3 Å². The highest BCUT2D eigenvalue weighted by molar-refractivity contribution is 8.27. The van der Waals surface area contributed by atoms with Crippen LogP contribution in [0.25, 0.3) is 6.08 Å². The molecule has 0 fully saturated rings. The molecule has 0 aliphatic carbocycles. The summed E-state index contributed by atoms with van der Waals surface area (Å²) in [5.74, 6) is 1.05. The van der Waals surface area contributed by atoms with Crippen LogP contribution in [0.15, 0.2) is 94.5 Å². The Labute approximate surface area is 207 Å². The average molecular weight is 483 g/mol. The molecule has 2 heterocycles. The molecule has 2 aliphatic heterocycles. The van der Waals surface area contributed by atoms with Crippen molar-refractivity contribution in [1.29, 1.82) is 5.41 Å². The first kappa shape index (κ1) is 22.6. The van der Waals surface area contributed by atoms with Crippen LogP contribution in [0.3, 0.4) is 0 Å². The van der Waals surface area contributed by atoms with E-state index in [1.165, 1.54) is 16.8 Å². The lowest BCUT2D eigenvalue weighted by Crippen LogP contribution is -2.35. The zero-order chi connectivity index (χ0) is 24.2. The number of fused-ring (bicyclic) bond motifs is 1. The number of thioether (sulfide) groups is 1. The fraction of sp³-hybridized carbons (Fsp3) is 0.111. The van der Waals surface area contributed by atoms with Gasteiger partial charge in [-0.05, 0) is 60.2 Å². The molecule has 0 bridgehead atoms. The SMILES string of the molecule is Cc1ccccc1C1=NN2C(=N)C(=Cc3ccc(OCCOc4ccccc4)cc3)C(=O)N=C2S1.